The minimum absolute atomic E-state index is 0.0375. The van der Waals surface area contributed by atoms with Crippen LogP contribution in [0.1, 0.15) is 26.7 Å². The summed E-state index contributed by atoms with van der Waals surface area (Å²) in [7, 11) is 0. The van der Waals surface area contributed by atoms with E-state index in [2.05, 4.69) is 12.2 Å². The summed E-state index contributed by atoms with van der Waals surface area (Å²) in [6.45, 7) is 5.45. The van der Waals surface area contributed by atoms with Crippen molar-refractivity contribution in [2.24, 2.45) is 0 Å². The van der Waals surface area contributed by atoms with Crippen molar-refractivity contribution in [2.75, 3.05) is 31.6 Å². The number of anilines is 1. The lowest BCUT2D eigenvalue weighted by Crippen LogP contribution is -2.37. The minimum atomic E-state index is -0.209. The number of rotatable bonds is 8. The number of amides is 2. The van der Waals surface area contributed by atoms with Crippen LogP contribution in [0.4, 0.5) is 10.5 Å². The SMILES string of the molecule is CCCCN(CCO)C(=O)Nc1ccccc1OCC. The third kappa shape index (κ3) is 5.09. The lowest BCUT2D eigenvalue weighted by atomic mass is 10.3. The lowest BCUT2D eigenvalue weighted by Gasteiger charge is -2.22. The van der Waals surface area contributed by atoms with E-state index in [1.54, 1.807) is 11.0 Å². The first kappa shape index (κ1) is 16.3. The molecule has 0 aliphatic heterocycles. The van der Waals surface area contributed by atoms with Gasteiger partial charge >= 0.3 is 6.03 Å². The summed E-state index contributed by atoms with van der Waals surface area (Å²) in [5, 5.41) is 11.9. The topological polar surface area (TPSA) is 61.8 Å². The largest absolute Gasteiger partial charge is 0.492 e. The standard InChI is InChI=1S/C15H24N2O3/c1-3-5-10-17(11-12-18)15(19)16-13-8-6-7-9-14(13)20-4-2/h6-9,18H,3-5,10-12H2,1-2H3,(H,16,19). The highest BCUT2D eigenvalue weighted by Crippen LogP contribution is 2.23. The number of carbonyl (C=O) groups excluding carboxylic acids is 1. The van der Waals surface area contributed by atoms with Crippen molar-refractivity contribution in [1.29, 1.82) is 0 Å². The fourth-order valence-electron chi connectivity index (χ4n) is 1.83. The van der Waals surface area contributed by atoms with Crippen molar-refractivity contribution < 1.29 is 14.6 Å². The first-order valence-corrected chi connectivity index (χ1v) is 7.11. The van der Waals surface area contributed by atoms with Crippen LogP contribution in [0.5, 0.6) is 5.75 Å². The molecular weight excluding hydrogens is 256 g/mol. The zero-order valence-corrected chi connectivity index (χ0v) is 12.3. The maximum Gasteiger partial charge on any atom is 0.322 e. The van der Waals surface area contributed by atoms with Gasteiger partial charge in [-0.05, 0) is 25.5 Å². The van der Waals surface area contributed by atoms with Gasteiger partial charge in [0.2, 0.25) is 0 Å². The highest BCUT2D eigenvalue weighted by atomic mass is 16.5. The Hall–Kier alpha value is -1.75. The van der Waals surface area contributed by atoms with Crippen molar-refractivity contribution in [2.45, 2.75) is 26.7 Å². The molecular formula is C15H24N2O3. The second kappa shape index (κ2) is 9.20. The number of ether oxygens (including phenoxy) is 1. The number of hydrogen-bond donors (Lipinski definition) is 2. The van der Waals surface area contributed by atoms with Gasteiger partial charge in [-0.3, -0.25) is 0 Å². The van der Waals surface area contributed by atoms with E-state index in [1.807, 2.05) is 25.1 Å². The van der Waals surface area contributed by atoms with Crippen LogP contribution < -0.4 is 10.1 Å². The van der Waals surface area contributed by atoms with Crippen LogP contribution in [0.15, 0.2) is 24.3 Å². The third-order valence-electron chi connectivity index (χ3n) is 2.87. The fraction of sp³-hybridized carbons (Fsp3) is 0.533. The Morgan fingerprint density at radius 3 is 2.70 bits per heavy atom. The van der Waals surface area contributed by atoms with Crippen molar-refractivity contribution in [3.63, 3.8) is 0 Å². The molecule has 5 heteroatoms. The predicted molar refractivity (Wildman–Crippen MR) is 80.2 cm³/mol. The smallest absolute Gasteiger partial charge is 0.322 e. The van der Waals surface area contributed by atoms with E-state index in [0.29, 0.717) is 31.1 Å². The van der Waals surface area contributed by atoms with Crippen molar-refractivity contribution >= 4 is 11.7 Å². The molecule has 0 aliphatic rings. The second-order valence-electron chi connectivity index (χ2n) is 4.42. The van der Waals surface area contributed by atoms with E-state index >= 15 is 0 Å². The molecule has 0 spiro atoms. The first-order valence-electron chi connectivity index (χ1n) is 7.11. The molecule has 0 saturated heterocycles. The van der Waals surface area contributed by atoms with Crippen LogP contribution in [0.2, 0.25) is 0 Å². The van der Waals surface area contributed by atoms with Gasteiger partial charge in [0.25, 0.3) is 0 Å². The fourth-order valence-corrected chi connectivity index (χ4v) is 1.83. The molecule has 0 aliphatic carbocycles. The molecule has 0 aromatic heterocycles. The number of urea groups is 1. The average molecular weight is 280 g/mol. The zero-order chi connectivity index (χ0) is 14.8. The Morgan fingerprint density at radius 1 is 1.30 bits per heavy atom. The number of aliphatic hydroxyl groups is 1. The number of nitrogens with one attached hydrogen (secondary N) is 1. The summed E-state index contributed by atoms with van der Waals surface area (Å²) in [6, 6.07) is 7.13. The van der Waals surface area contributed by atoms with Gasteiger partial charge in [0.15, 0.2) is 0 Å². The monoisotopic (exact) mass is 280 g/mol. The Morgan fingerprint density at radius 2 is 2.05 bits per heavy atom. The van der Waals surface area contributed by atoms with E-state index in [9.17, 15) is 4.79 Å². The molecule has 1 rings (SSSR count). The zero-order valence-electron chi connectivity index (χ0n) is 12.3. The maximum atomic E-state index is 12.2. The number of aliphatic hydroxyl groups excluding tert-OH is 1. The molecule has 1 aromatic carbocycles. The molecule has 0 heterocycles. The Kier molecular flexibility index (Phi) is 7.50. The first-order chi connectivity index (χ1) is 9.72. The number of carbonyl (C=O) groups is 1. The summed E-state index contributed by atoms with van der Waals surface area (Å²) in [6.07, 6.45) is 1.92. The Labute approximate surface area is 120 Å². The van der Waals surface area contributed by atoms with Gasteiger partial charge in [0.1, 0.15) is 5.75 Å². The molecule has 0 saturated carbocycles. The highest BCUT2D eigenvalue weighted by molar-refractivity contribution is 5.90. The molecule has 0 bridgehead atoms. The molecule has 5 nitrogen and oxygen atoms in total. The molecule has 0 radical (unpaired) electrons. The molecule has 1 aromatic rings. The molecule has 0 atom stereocenters. The van der Waals surface area contributed by atoms with Gasteiger partial charge in [0, 0.05) is 13.1 Å². The van der Waals surface area contributed by atoms with E-state index < -0.39 is 0 Å². The molecule has 2 amide bonds. The van der Waals surface area contributed by atoms with Gasteiger partial charge in [-0.25, -0.2) is 4.79 Å². The van der Waals surface area contributed by atoms with Crippen molar-refractivity contribution in [3.8, 4) is 5.75 Å². The Bertz CT molecular complexity index is 410. The van der Waals surface area contributed by atoms with Gasteiger partial charge < -0.3 is 20.1 Å². The van der Waals surface area contributed by atoms with Crippen LogP contribution in [0.25, 0.3) is 0 Å². The van der Waals surface area contributed by atoms with Crippen LogP contribution in [0, 0.1) is 0 Å². The summed E-state index contributed by atoms with van der Waals surface area (Å²) < 4.78 is 5.48. The summed E-state index contributed by atoms with van der Waals surface area (Å²) in [5.41, 5.74) is 0.652. The molecule has 0 unspecified atom stereocenters. The highest BCUT2D eigenvalue weighted by Gasteiger charge is 2.14. The van der Waals surface area contributed by atoms with E-state index in [0.717, 1.165) is 12.8 Å². The lowest BCUT2D eigenvalue weighted by molar-refractivity contribution is 0.187. The second-order valence-corrected chi connectivity index (χ2v) is 4.42. The minimum Gasteiger partial charge on any atom is -0.492 e. The number of benzene rings is 1. The van der Waals surface area contributed by atoms with E-state index in [-0.39, 0.29) is 12.6 Å². The number of para-hydroxylation sites is 2. The van der Waals surface area contributed by atoms with Gasteiger partial charge in [-0.1, -0.05) is 25.5 Å². The summed E-state index contributed by atoms with van der Waals surface area (Å²) in [4.78, 5) is 13.8. The summed E-state index contributed by atoms with van der Waals surface area (Å²) in [5.74, 6) is 0.655. The molecule has 0 fully saturated rings. The van der Waals surface area contributed by atoms with Crippen LogP contribution in [-0.4, -0.2) is 42.3 Å². The third-order valence-corrected chi connectivity index (χ3v) is 2.87. The quantitative estimate of drug-likeness (QED) is 0.769. The van der Waals surface area contributed by atoms with Gasteiger partial charge in [-0.2, -0.15) is 0 Å². The summed E-state index contributed by atoms with van der Waals surface area (Å²) >= 11 is 0. The predicted octanol–water partition coefficient (Wildman–Crippen LogP) is 2.71. The van der Waals surface area contributed by atoms with Crippen LogP contribution in [0.3, 0.4) is 0 Å². The molecule has 112 valence electrons. The van der Waals surface area contributed by atoms with E-state index in [1.165, 1.54) is 0 Å². The van der Waals surface area contributed by atoms with Crippen molar-refractivity contribution in [3.05, 3.63) is 24.3 Å². The average Bonchev–Trinajstić information content (AvgIpc) is 2.45. The van der Waals surface area contributed by atoms with Crippen LogP contribution >= 0.6 is 0 Å². The van der Waals surface area contributed by atoms with Crippen LogP contribution in [-0.2, 0) is 0 Å². The Balaban J connectivity index is 2.71. The number of nitrogens with zero attached hydrogens (tertiary/aromatic N) is 1. The molecule has 2 N–H and O–H groups in total. The van der Waals surface area contributed by atoms with E-state index in [4.69, 9.17) is 9.84 Å². The number of hydrogen-bond acceptors (Lipinski definition) is 3. The van der Waals surface area contributed by atoms with Gasteiger partial charge in [0.05, 0.1) is 18.9 Å². The van der Waals surface area contributed by atoms with Crippen molar-refractivity contribution in [1.82, 2.24) is 4.90 Å². The number of unbranched alkanes of at least 4 members (excludes halogenated alkanes) is 1. The molecule has 20 heavy (non-hydrogen) atoms. The maximum absolute atomic E-state index is 12.2. The normalized spacial score (nSPS) is 10.2. The van der Waals surface area contributed by atoms with Gasteiger partial charge in [-0.15, -0.1) is 0 Å².